The van der Waals surface area contributed by atoms with Crippen molar-refractivity contribution in [1.82, 2.24) is 9.62 Å². The summed E-state index contributed by atoms with van der Waals surface area (Å²) in [5.74, 6) is -0.134. The minimum Gasteiger partial charge on any atom is -0.391 e. The lowest BCUT2D eigenvalue weighted by Crippen LogP contribution is -2.33. The van der Waals surface area contributed by atoms with Crippen molar-refractivity contribution >= 4 is 27.3 Å². The molecule has 0 unspecified atom stereocenters. The molecule has 0 saturated carbocycles. The van der Waals surface area contributed by atoms with E-state index in [1.165, 1.54) is 6.07 Å². The Hall–Kier alpha value is -0.960. The summed E-state index contributed by atoms with van der Waals surface area (Å²) >= 11 is 1.14. The minimum atomic E-state index is -3.50. The second-order valence-corrected chi connectivity index (χ2v) is 7.30. The van der Waals surface area contributed by atoms with Crippen molar-refractivity contribution in [1.29, 1.82) is 0 Å². The van der Waals surface area contributed by atoms with E-state index in [4.69, 9.17) is 0 Å². The zero-order chi connectivity index (χ0) is 13.9. The second kappa shape index (κ2) is 6.00. The standard InChI is InChI=1S/C11H16N2O4S2/c14-9-4-6-13(8-9)10(15)3-5-12-19(16,17)11-2-1-7-18-11/h1-2,7,9,12,14H,3-6,8H2/t9-/m0/s1. The van der Waals surface area contributed by atoms with Crippen LogP contribution in [0.5, 0.6) is 0 Å². The molecule has 1 atom stereocenters. The van der Waals surface area contributed by atoms with Crippen molar-refractivity contribution < 1.29 is 18.3 Å². The van der Waals surface area contributed by atoms with Crippen LogP contribution in [0.25, 0.3) is 0 Å². The number of nitrogens with one attached hydrogen (secondary N) is 1. The summed E-state index contributed by atoms with van der Waals surface area (Å²) in [7, 11) is -3.50. The third-order valence-corrected chi connectivity index (χ3v) is 5.77. The molecule has 0 aromatic carbocycles. The number of sulfonamides is 1. The van der Waals surface area contributed by atoms with E-state index in [1.54, 1.807) is 16.3 Å². The lowest BCUT2D eigenvalue weighted by atomic mass is 10.3. The maximum Gasteiger partial charge on any atom is 0.250 e. The summed E-state index contributed by atoms with van der Waals surface area (Å²) in [5, 5.41) is 11.0. The number of hydrogen-bond acceptors (Lipinski definition) is 5. The van der Waals surface area contributed by atoms with Crippen LogP contribution in [0, 0.1) is 0 Å². The molecule has 19 heavy (non-hydrogen) atoms. The van der Waals surface area contributed by atoms with Gasteiger partial charge in [0.15, 0.2) is 0 Å². The number of hydrogen-bond donors (Lipinski definition) is 2. The Morgan fingerprint density at radius 2 is 2.37 bits per heavy atom. The Labute approximate surface area is 116 Å². The number of nitrogens with zero attached hydrogens (tertiary/aromatic N) is 1. The number of amides is 1. The molecule has 1 aliphatic heterocycles. The normalized spacial score (nSPS) is 19.8. The fraction of sp³-hybridized carbons (Fsp3) is 0.545. The minimum absolute atomic E-state index is 0.0751. The summed E-state index contributed by atoms with van der Waals surface area (Å²) in [6.45, 7) is 0.958. The summed E-state index contributed by atoms with van der Waals surface area (Å²) in [6, 6.07) is 3.18. The van der Waals surface area contributed by atoms with E-state index in [-0.39, 0.29) is 23.1 Å². The highest BCUT2D eigenvalue weighted by molar-refractivity contribution is 7.91. The summed E-state index contributed by atoms with van der Waals surface area (Å²) in [4.78, 5) is 13.3. The monoisotopic (exact) mass is 304 g/mol. The fourth-order valence-electron chi connectivity index (χ4n) is 1.91. The number of aliphatic hydroxyl groups is 1. The Morgan fingerprint density at radius 3 is 2.95 bits per heavy atom. The third-order valence-electron chi connectivity index (χ3n) is 2.91. The van der Waals surface area contributed by atoms with Gasteiger partial charge in [0.25, 0.3) is 0 Å². The number of thiophene rings is 1. The Morgan fingerprint density at radius 1 is 1.58 bits per heavy atom. The quantitative estimate of drug-likeness (QED) is 0.802. The Bertz CT molecular complexity index is 527. The molecule has 1 aromatic rings. The molecule has 1 fully saturated rings. The number of β-amino-alcohol motifs (C(OH)–C–C–N with tert-alkyl or cyclic N) is 1. The van der Waals surface area contributed by atoms with Crippen LogP contribution in [0.15, 0.2) is 21.7 Å². The zero-order valence-electron chi connectivity index (χ0n) is 10.3. The Kier molecular flexibility index (Phi) is 4.56. The van der Waals surface area contributed by atoms with E-state index in [0.29, 0.717) is 19.5 Å². The maximum atomic E-state index is 11.8. The predicted molar refractivity (Wildman–Crippen MR) is 71.3 cm³/mol. The van der Waals surface area contributed by atoms with Crippen molar-refractivity contribution in [2.75, 3.05) is 19.6 Å². The van der Waals surface area contributed by atoms with Crippen molar-refractivity contribution in [2.45, 2.75) is 23.2 Å². The van der Waals surface area contributed by atoms with Gasteiger partial charge in [-0.3, -0.25) is 4.79 Å². The van der Waals surface area contributed by atoms with E-state index in [2.05, 4.69) is 4.72 Å². The zero-order valence-corrected chi connectivity index (χ0v) is 11.9. The van der Waals surface area contributed by atoms with Gasteiger partial charge in [0.05, 0.1) is 6.10 Å². The van der Waals surface area contributed by atoms with Crippen molar-refractivity contribution in [3.8, 4) is 0 Å². The molecule has 1 aromatic heterocycles. The van der Waals surface area contributed by atoms with Crippen LogP contribution in [-0.4, -0.2) is 50.1 Å². The summed E-state index contributed by atoms with van der Waals surface area (Å²) in [5.41, 5.74) is 0. The molecule has 0 spiro atoms. The first kappa shape index (κ1) is 14.4. The molecule has 1 saturated heterocycles. The van der Waals surface area contributed by atoms with Crippen molar-refractivity contribution in [3.05, 3.63) is 17.5 Å². The average Bonchev–Trinajstić information content (AvgIpc) is 2.99. The largest absolute Gasteiger partial charge is 0.391 e. The van der Waals surface area contributed by atoms with E-state index >= 15 is 0 Å². The molecule has 106 valence electrons. The first-order valence-corrected chi connectivity index (χ1v) is 8.34. The van der Waals surface area contributed by atoms with Gasteiger partial charge in [-0.1, -0.05) is 6.07 Å². The number of aliphatic hydroxyl groups excluding tert-OH is 1. The van der Waals surface area contributed by atoms with Gasteiger partial charge in [0.2, 0.25) is 15.9 Å². The molecule has 0 radical (unpaired) electrons. The highest BCUT2D eigenvalue weighted by Crippen LogP contribution is 2.15. The van der Waals surface area contributed by atoms with Crippen LogP contribution in [0.1, 0.15) is 12.8 Å². The lowest BCUT2D eigenvalue weighted by molar-refractivity contribution is -0.130. The topological polar surface area (TPSA) is 86.7 Å². The molecular formula is C11H16N2O4S2. The molecule has 1 aliphatic rings. The van der Waals surface area contributed by atoms with Crippen LogP contribution in [0.3, 0.4) is 0 Å². The molecule has 2 heterocycles. The fourth-order valence-corrected chi connectivity index (χ4v) is 3.98. The van der Waals surface area contributed by atoms with Crippen LogP contribution < -0.4 is 4.72 Å². The van der Waals surface area contributed by atoms with Crippen molar-refractivity contribution in [2.24, 2.45) is 0 Å². The van der Waals surface area contributed by atoms with E-state index < -0.39 is 16.1 Å². The highest BCUT2D eigenvalue weighted by atomic mass is 32.2. The first-order valence-electron chi connectivity index (χ1n) is 5.98. The predicted octanol–water partition coefficient (Wildman–Crippen LogP) is 0.00970. The number of carbonyl (C=O) groups is 1. The van der Waals surface area contributed by atoms with Gasteiger partial charge in [-0.05, 0) is 17.9 Å². The molecule has 1 amide bonds. The number of rotatable bonds is 5. The van der Waals surface area contributed by atoms with Gasteiger partial charge < -0.3 is 10.0 Å². The van der Waals surface area contributed by atoms with Gasteiger partial charge in [-0.15, -0.1) is 11.3 Å². The third kappa shape index (κ3) is 3.75. The highest BCUT2D eigenvalue weighted by Gasteiger charge is 2.24. The lowest BCUT2D eigenvalue weighted by Gasteiger charge is -2.15. The molecule has 6 nitrogen and oxygen atoms in total. The van der Waals surface area contributed by atoms with Crippen molar-refractivity contribution in [3.63, 3.8) is 0 Å². The molecule has 0 bridgehead atoms. The van der Waals surface area contributed by atoms with Gasteiger partial charge >= 0.3 is 0 Å². The molecular weight excluding hydrogens is 288 g/mol. The smallest absolute Gasteiger partial charge is 0.250 e. The van der Waals surface area contributed by atoms with Crippen LogP contribution in [0.2, 0.25) is 0 Å². The van der Waals surface area contributed by atoms with Gasteiger partial charge in [-0.25, -0.2) is 13.1 Å². The van der Waals surface area contributed by atoms with Crippen LogP contribution in [0.4, 0.5) is 0 Å². The molecule has 8 heteroatoms. The maximum absolute atomic E-state index is 11.8. The van der Waals surface area contributed by atoms with Gasteiger partial charge in [0, 0.05) is 26.1 Å². The number of carbonyl (C=O) groups excluding carboxylic acids is 1. The van der Waals surface area contributed by atoms with Crippen LogP contribution >= 0.6 is 11.3 Å². The van der Waals surface area contributed by atoms with E-state index in [9.17, 15) is 18.3 Å². The SMILES string of the molecule is O=C(CCNS(=O)(=O)c1cccs1)N1CC[C@H](O)C1. The molecule has 2 N–H and O–H groups in total. The van der Waals surface area contributed by atoms with E-state index in [0.717, 1.165) is 11.3 Å². The second-order valence-electron chi connectivity index (χ2n) is 4.36. The van der Waals surface area contributed by atoms with Crippen LogP contribution in [-0.2, 0) is 14.8 Å². The average molecular weight is 304 g/mol. The Balaban J connectivity index is 1.79. The van der Waals surface area contributed by atoms with Gasteiger partial charge in [-0.2, -0.15) is 0 Å². The summed E-state index contributed by atoms with van der Waals surface area (Å²) < 4.78 is 26.2. The molecule has 0 aliphatic carbocycles. The van der Waals surface area contributed by atoms with E-state index in [1.807, 2.05) is 0 Å². The summed E-state index contributed by atoms with van der Waals surface area (Å²) in [6.07, 6.45) is 0.246. The van der Waals surface area contributed by atoms with Gasteiger partial charge in [0.1, 0.15) is 4.21 Å². The first-order chi connectivity index (χ1) is 8.99. The molecule has 2 rings (SSSR count). The number of likely N-dealkylation sites (tertiary alicyclic amines) is 1.